The molecule has 0 aromatic rings. The van der Waals surface area contributed by atoms with Gasteiger partial charge in [-0.3, -0.25) is 38.4 Å². The van der Waals surface area contributed by atoms with Crippen LogP contribution in [0, 0.1) is 0 Å². The molecule has 0 aliphatic carbocycles. The lowest BCUT2D eigenvalue weighted by molar-refractivity contribution is -0.175. The van der Waals surface area contributed by atoms with Crippen LogP contribution in [0.25, 0.3) is 0 Å². The highest BCUT2D eigenvalue weighted by molar-refractivity contribution is 5.94. The average Bonchev–Trinajstić information content (AvgIpc) is 2.97. The van der Waals surface area contributed by atoms with Crippen LogP contribution in [0.1, 0.15) is 38.5 Å². The minimum absolute atomic E-state index is 0.378. The van der Waals surface area contributed by atoms with Crippen molar-refractivity contribution in [3.8, 4) is 0 Å². The minimum Gasteiger partial charge on any atom is -0.481 e. The number of hydrogen-bond acceptors (Lipinski definition) is 12. The zero-order valence-corrected chi connectivity index (χ0v) is 24.3. The Morgan fingerprint density at radius 1 is 0.542 bits per heavy atom. The zero-order chi connectivity index (χ0) is 37.6. The Morgan fingerprint density at radius 2 is 0.917 bits per heavy atom. The quantitative estimate of drug-likeness (QED) is 0.0406. The molecule has 18 nitrogen and oxygen atoms in total. The van der Waals surface area contributed by atoms with Crippen molar-refractivity contribution in [1.82, 2.24) is 21.3 Å². The molecule has 0 saturated carbocycles. The number of carboxylic acids is 2. The molecule has 0 bridgehead atoms. The second-order valence-electron chi connectivity index (χ2n) is 9.84. The highest BCUT2D eigenvalue weighted by Crippen LogP contribution is 2.16. The van der Waals surface area contributed by atoms with E-state index < -0.39 is 135 Å². The lowest BCUT2D eigenvalue weighted by atomic mass is 9.97. The first-order chi connectivity index (χ1) is 21.9. The first kappa shape index (κ1) is 43.6. The van der Waals surface area contributed by atoms with Crippen LogP contribution in [-0.2, 0) is 38.4 Å². The van der Waals surface area contributed by atoms with Crippen molar-refractivity contribution in [2.45, 2.75) is 87.4 Å². The number of carbonyl (C=O) groups excluding carboxylic acids is 6. The number of rotatable bonds is 21. The summed E-state index contributed by atoms with van der Waals surface area (Å²) in [6, 6.07) is -4.22. The first-order valence-corrected chi connectivity index (χ1v) is 13.4. The van der Waals surface area contributed by atoms with Crippen LogP contribution >= 0.6 is 0 Å². The number of amides is 4. The third-order valence-corrected chi connectivity index (χ3v) is 5.98. The van der Waals surface area contributed by atoms with Gasteiger partial charge < -0.3 is 51.9 Å². The Hall–Kier alpha value is -4.42. The van der Waals surface area contributed by atoms with Gasteiger partial charge in [-0.15, -0.1) is 0 Å². The van der Waals surface area contributed by atoms with E-state index in [1.807, 2.05) is 10.6 Å². The van der Waals surface area contributed by atoms with E-state index in [0.29, 0.717) is 0 Å². The lowest BCUT2D eigenvalue weighted by Gasteiger charge is -2.25. The molecule has 48 heavy (non-hydrogen) atoms. The molecule has 10 N–H and O–H groups in total. The number of nitrogens with one attached hydrogen (secondary N) is 4. The third kappa shape index (κ3) is 15.9. The summed E-state index contributed by atoms with van der Waals surface area (Å²) >= 11 is 0. The van der Waals surface area contributed by atoms with Crippen molar-refractivity contribution in [2.24, 2.45) is 0 Å². The first-order valence-electron chi connectivity index (χ1n) is 13.4. The molecule has 0 spiro atoms. The summed E-state index contributed by atoms with van der Waals surface area (Å²) in [6.07, 6.45) is -25.4. The van der Waals surface area contributed by atoms with Gasteiger partial charge >= 0.3 is 36.1 Å². The van der Waals surface area contributed by atoms with Crippen molar-refractivity contribution >= 4 is 47.1 Å². The maximum Gasteiger partial charge on any atom is 0.471 e. The Bertz CT molecular complexity index is 1110. The molecule has 0 aromatic heterocycles. The van der Waals surface area contributed by atoms with E-state index in [1.165, 1.54) is 10.6 Å². The molecule has 2 unspecified atom stereocenters. The zero-order valence-electron chi connectivity index (χ0n) is 24.3. The molecule has 0 fully saturated rings. The van der Waals surface area contributed by atoms with E-state index in [0.717, 1.165) is 0 Å². The summed E-state index contributed by atoms with van der Waals surface area (Å²) < 4.78 is 74.5. The topological polar surface area (TPSA) is 306 Å². The van der Waals surface area contributed by atoms with E-state index in [9.17, 15) is 85.1 Å². The highest BCUT2D eigenvalue weighted by atomic mass is 19.4. The van der Waals surface area contributed by atoms with Crippen molar-refractivity contribution in [1.29, 1.82) is 0 Å². The molecule has 0 aromatic carbocycles. The average molecular weight is 715 g/mol. The molecule has 0 heterocycles. The summed E-state index contributed by atoms with van der Waals surface area (Å²) in [5.41, 5.74) is 0. The molecule has 6 atom stereocenters. The van der Waals surface area contributed by atoms with Crippen LogP contribution in [0.2, 0.25) is 0 Å². The largest absolute Gasteiger partial charge is 0.481 e. The number of halogens is 6. The molecule has 274 valence electrons. The Morgan fingerprint density at radius 3 is 1.35 bits per heavy atom. The van der Waals surface area contributed by atoms with Crippen molar-refractivity contribution in [2.75, 3.05) is 13.1 Å². The number of aliphatic carboxylic acids is 2. The molecule has 0 radical (unpaired) electrons. The number of aliphatic hydroxyl groups is 4. The fourth-order valence-corrected chi connectivity index (χ4v) is 3.50. The molecule has 0 aliphatic rings. The molecule has 4 amide bonds. The minimum atomic E-state index is -5.43. The number of carboxylic acid groups (broad SMARTS) is 2. The Kier molecular flexibility index (Phi) is 17.6. The van der Waals surface area contributed by atoms with Crippen molar-refractivity contribution in [3.05, 3.63) is 0 Å². The second kappa shape index (κ2) is 19.4. The number of Topliss-reactive ketones (excluding diaryl/α,β-unsaturated/α-hetero) is 2. The maximum atomic E-state index is 12.4. The van der Waals surface area contributed by atoms with Gasteiger partial charge in [-0.05, 0) is 12.8 Å². The number of carbonyl (C=O) groups is 8. The summed E-state index contributed by atoms with van der Waals surface area (Å²) in [4.78, 5) is 92.0. The van der Waals surface area contributed by atoms with Gasteiger partial charge in [0, 0.05) is 25.9 Å². The van der Waals surface area contributed by atoms with E-state index >= 15 is 0 Å². The highest BCUT2D eigenvalue weighted by Gasteiger charge is 2.42. The van der Waals surface area contributed by atoms with Crippen LogP contribution in [0.15, 0.2) is 0 Å². The van der Waals surface area contributed by atoms with Gasteiger partial charge in [0.1, 0.15) is 24.4 Å². The standard InChI is InChI=1S/C24H32F6N4O14/c25-23(26,27)21(47)33-9(7-13(37)38)11(35)3-1-6-32-20(46)18(44)17(43)16(42)15(41)12(36)4-2-5-31-19(45)10(8-14(39)40)34-22(48)24(28,29)30/h9-10,15-18,41-44H,1-8H2,(H,31,45)(H,32,46)(H,33,47)(H,34,48)(H,37,38)(H,39,40)/t9?,10?,15-,16+,17+,18-/m1/s1. The maximum absolute atomic E-state index is 12.4. The number of aliphatic hydroxyl groups excluding tert-OH is 4. The Balaban J connectivity index is 4.84. The summed E-state index contributed by atoms with van der Waals surface area (Å²) in [5, 5.41) is 63.7. The normalized spacial score (nSPS) is 15.5. The van der Waals surface area contributed by atoms with Gasteiger partial charge in [0.25, 0.3) is 5.91 Å². The van der Waals surface area contributed by atoms with E-state index in [2.05, 4.69) is 0 Å². The van der Waals surface area contributed by atoms with Gasteiger partial charge in [0.2, 0.25) is 5.91 Å². The smallest absolute Gasteiger partial charge is 0.471 e. The van der Waals surface area contributed by atoms with Crippen molar-refractivity contribution < 1.29 is 95.3 Å². The van der Waals surface area contributed by atoms with Crippen LogP contribution in [0.5, 0.6) is 0 Å². The van der Waals surface area contributed by atoms with E-state index in [-0.39, 0.29) is 12.8 Å². The van der Waals surface area contributed by atoms with Crippen LogP contribution in [-0.4, -0.2) is 140 Å². The van der Waals surface area contributed by atoms with Crippen molar-refractivity contribution in [3.63, 3.8) is 0 Å². The molecule has 0 rings (SSSR count). The second-order valence-corrected chi connectivity index (χ2v) is 9.84. The molecular weight excluding hydrogens is 682 g/mol. The molecule has 0 aliphatic heterocycles. The number of hydrogen-bond donors (Lipinski definition) is 10. The summed E-state index contributed by atoms with van der Waals surface area (Å²) in [5.74, 6) is -13.8. The summed E-state index contributed by atoms with van der Waals surface area (Å²) in [6.45, 7) is -1.04. The predicted molar refractivity (Wildman–Crippen MR) is 139 cm³/mol. The van der Waals surface area contributed by atoms with Gasteiger partial charge in [-0.2, -0.15) is 26.3 Å². The summed E-state index contributed by atoms with van der Waals surface area (Å²) in [7, 11) is 0. The van der Waals surface area contributed by atoms with Crippen LogP contribution < -0.4 is 21.3 Å². The third-order valence-electron chi connectivity index (χ3n) is 5.98. The lowest BCUT2D eigenvalue weighted by Crippen LogP contribution is -2.53. The number of ketones is 2. The molecule has 0 saturated heterocycles. The van der Waals surface area contributed by atoms with Gasteiger partial charge in [-0.25, -0.2) is 0 Å². The van der Waals surface area contributed by atoms with Crippen LogP contribution in [0.3, 0.4) is 0 Å². The fourth-order valence-electron chi connectivity index (χ4n) is 3.50. The fraction of sp³-hybridized carbons (Fsp3) is 0.667. The van der Waals surface area contributed by atoms with E-state index in [4.69, 9.17) is 10.2 Å². The van der Waals surface area contributed by atoms with Gasteiger partial charge in [0.15, 0.2) is 17.7 Å². The predicted octanol–water partition coefficient (Wildman–Crippen LogP) is -3.60. The Labute approximate surface area is 264 Å². The molecule has 24 heteroatoms. The number of alkyl halides is 6. The monoisotopic (exact) mass is 714 g/mol. The SMILES string of the molecule is O=C(O)CC(NC(=O)C(F)(F)F)C(=O)CCCNC(=O)[C@H](O)[C@@H](O)[C@@H](O)[C@H](O)C(=O)CCCNC(=O)C(CC(=O)O)NC(=O)C(F)(F)F. The van der Waals surface area contributed by atoms with E-state index in [1.54, 1.807) is 0 Å². The van der Waals surface area contributed by atoms with Crippen LogP contribution in [0.4, 0.5) is 26.3 Å². The molecular formula is C24H32F6N4O14. The van der Waals surface area contributed by atoms with Gasteiger partial charge in [-0.1, -0.05) is 0 Å². The van der Waals surface area contributed by atoms with Gasteiger partial charge in [0.05, 0.1) is 18.9 Å².